The van der Waals surface area contributed by atoms with E-state index in [1.807, 2.05) is 58.6 Å². The van der Waals surface area contributed by atoms with E-state index in [4.69, 9.17) is 4.74 Å². The van der Waals surface area contributed by atoms with Gasteiger partial charge < -0.3 is 19.6 Å². The molecule has 4 heterocycles. The van der Waals surface area contributed by atoms with Crippen molar-refractivity contribution in [3.05, 3.63) is 24.3 Å². The van der Waals surface area contributed by atoms with Gasteiger partial charge in [0.1, 0.15) is 6.04 Å². The van der Waals surface area contributed by atoms with Crippen LogP contribution in [0.5, 0.6) is 0 Å². The molecule has 6 atom stereocenters. The number of carbonyl (C=O) groups is 3. The summed E-state index contributed by atoms with van der Waals surface area (Å²) in [5.41, 5.74) is -0.446. The number of rotatable bonds is 4. The van der Waals surface area contributed by atoms with E-state index in [9.17, 15) is 19.5 Å². The number of hydrogen-bond donors (Lipinski definition) is 1. The van der Waals surface area contributed by atoms with Crippen LogP contribution in [0.2, 0.25) is 0 Å². The van der Waals surface area contributed by atoms with Crippen molar-refractivity contribution < 1.29 is 24.2 Å². The molecule has 0 aromatic heterocycles. The summed E-state index contributed by atoms with van der Waals surface area (Å²) < 4.78 is 4.07. The summed E-state index contributed by atoms with van der Waals surface area (Å²) in [7, 11) is 0. The molecule has 194 valence electrons. The van der Waals surface area contributed by atoms with Crippen molar-refractivity contribution in [3.63, 3.8) is 0 Å². The summed E-state index contributed by atoms with van der Waals surface area (Å²) in [4.78, 5) is 45.6. The average Bonchev–Trinajstić information content (AvgIpc) is 3.10. The molecule has 0 aromatic carbocycles. The Labute approximate surface area is 213 Å². The summed E-state index contributed by atoms with van der Waals surface area (Å²) in [5, 5.41) is 10.4. The van der Waals surface area contributed by atoms with Crippen molar-refractivity contribution in [1.82, 2.24) is 9.80 Å². The minimum absolute atomic E-state index is 0.125. The highest BCUT2D eigenvalue weighted by molar-refractivity contribution is 8.02. The number of nitrogens with zero attached hydrogens (tertiary/aromatic N) is 2. The number of aliphatic hydroxyl groups is 1. The van der Waals surface area contributed by atoms with Gasteiger partial charge in [-0.15, -0.1) is 11.8 Å². The number of thioether (sulfide) groups is 1. The molecule has 2 saturated heterocycles. The van der Waals surface area contributed by atoms with E-state index < -0.39 is 39.0 Å². The van der Waals surface area contributed by atoms with Gasteiger partial charge in [-0.2, -0.15) is 0 Å². The Morgan fingerprint density at radius 3 is 2.49 bits per heavy atom. The predicted molar refractivity (Wildman–Crippen MR) is 137 cm³/mol. The van der Waals surface area contributed by atoms with Crippen LogP contribution in [0.4, 0.5) is 0 Å². The zero-order chi connectivity index (χ0) is 25.8. The molecular weight excluding hydrogens is 464 g/mol. The van der Waals surface area contributed by atoms with Gasteiger partial charge in [-0.25, -0.2) is 0 Å². The molecule has 0 bridgehead atoms. The number of likely N-dealkylation sites (tertiary alicyclic amines) is 1. The largest absolute Gasteiger partial charge is 0.465 e. The molecule has 2 amide bonds. The fourth-order valence-corrected chi connectivity index (χ4v) is 8.53. The smallest absolute Gasteiger partial charge is 0.311 e. The minimum atomic E-state index is -0.916. The quantitative estimate of drug-likeness (QED) is 0.468. The standard InChI is InChI=1S/C27H40N2O5S/c1-17(2)15-18(16-30)29-21-23(32)28(25(3,4)5)13-10-12-27(21)19(22(29)31)20-24(33)34-14-9-7-8-11-26(20,6)35-27/h8,10-12,17-21,30H,7,9,13-16H2,1-6H3/b11-8-/t18-,19+,20+,21?,26-,27+/m1/s1. The van der Waals surface area contributed by atoms with Gasteiger partial charge >= 0.3 is 5.97 Å². The van der Waals surface area contributed by atoms with Crippen LogP contribution >= 0.6 is 11.8 Å². The SMILES string of the molecule is CC(C)C[C@H](CO)N1C(=O)[C@@H]2[C@H]3C(=O)OCCC/C=C\[C@@]3(C)S[C@@]23C=CCN(C(C)(C)C)C(=O)C13. The number of aliphatic hydroxyl groups excluding tert-OH is 1. The van der Waals surface area contributed by atoms with Gasteiger partial charge in [-0.3, -0.25) is 14.4 Å². The van der Waals surface area contributed by atoms with E-state index in [0.717, 1.165) is 12.8 Å². The first-order valence-corrected chi connectivity index (χ1v) is 13.7. The van der Waals surface area contributed by atoms with Crippen LogP contribution in [-0.2, 0) is 19.1 Å². The molecule has 1 unspecified atom stereocenters. The number of carbonyl (C=O) groups excluding carboxylic acids is 3. The lowest BCUT2D eigenvalue weighted by Crippen LogP contribution is -2.59. The van der Waals surface area contributed by atoms with Crippen molar-refractivity contribution in [2.45, 2.75) is 87.9 Å². The molecule has 4 aliphatic rings. The molecule has 0 aliphatic carbocycles. The molecule has 35 heavy (non-hydrogen) atoms. The highest BCUT2D eigenvalue weighted by atomic mass is 32.2. The number of esters is 1. The summed E-state index contributed by atoms with van der Waals surface area (Å²) in [5.74, 6) is -1.94. The first-order chi connectivity index (χ1) is 16.4. The van der Waals surface area contributed by atoms with Crippen LogP contribution < -0.4 is 0 Å². The fourth-order valence-electron chi connectivity index (χ4n) is 6.39. The van der Waals surface area contributed by atoms with Crippen molar-refractivity contribution in [2.75, 3.05) is 19.8 Å². The minimum Gasteiger partial charge on any atom is -0.465 e. The molecule has 0 radical (unpaired) electrons. The first-order valence-electron chi connectivity index (χ1n) is 12.8. The normalized spacial score (nSPS) is 37.1. The van der Waals surface area contributed by atoms with Crippen LogP contribution in [-0.4, -0.2) is 79.6 Å². The molecule has 2 fully saturated rings. The number of amides is 2. The maximum atomic E-state index is 14.3. The number of fused-ring (bicyclic) bond motifs is 2. The molecule has 1 spiro atoms. The second-order valence-electron chi connectivity index (χ2n) is 11.9. The first kappa shape index (κ1) is 26.3. The lowest BCUT2D eigenvalue weighted by molar-refractivity contribution is -0.155. The van der Waals surface area contributed by atoms with E-state index in [2.05, 4.69) is 12.2 Å². The van der Waals surface area contributed by atoms with E-state index in [1.165, 1.54) is 0 Å². The van der Waals surface area contributed by atoms with Crippen molar-refractivity contribution in [1.29, 1.82) is 0 Å². The Hall–Kier alpha value is -1.80. The third-order valence-corrected chi connectivity index (χ3v) is 9.64. The maximum absolute atomic E-state index is 14.3. The average molecular weight is 505 g/mol. The molecule has 0 aromatic rings. The second-order valence-corrected chi connectivity index (χ2v) is 13.7. The van der Waals surface area contributed by atoms with E-state index in [0.29, 0.717) is 19.6 Å². The molecule has 4 rings (SSSR count). The van der Waals surface area contributed by atoms with Crippen LogP contribution in [0.1, 0.15) is 60.8 Å². The summed E-state index contributed by atoms with van der Waals surface area (Å²) in [6, 6.07) is -1.30. The second kappa shape index (κ2) is 9.25. The number of cyclic esters (lactones) is 1. The lowest BCUT2D eigenvalue weighted by atomic mass is 9.74. The monoisotopic (exact) mass is 504 g/mol. The Bertz CT molecular complexity index is 940. The molecule has 8 heteroatoms. The van der Waals surface area contributed by atoms with E-state index in [1.54, 1.807) is 16.7 Å². The van der Waals surface area contributed by atoms with Gasteiger partial charge in [0.05, 0.1) is 35.8 Å². The Morgan fingerprint density at radius 2 is 1.86 bits per heavy atom. The summed E-state index contributed by atoms with van der Waals surface area (Å²) in [6.45, 7) is 12.6. The maximum Gasteiger partial charge on any atom is 0.311 e. The Kier molecular flexibility index (Phi) is 6.95. The Balaban J connectivity index is 1.91. The lowest BCUT2D eigenvalue weighted by Gasteiger charge is -2.43. The summed E-state index contributed by atoms with van der Waals surface area (Å²) in [6.07, 6.45) is 10.3. The van der Waals surface area contributed by atoms with Gasteiger partial charge in [0.15, 0.2) is 0 Å². The number of hydrogen-bond acceptors (Lipinski definition) is 6. The van der Waals surface area contributed by atoms with Gasteiger partial charge in [-0.05, 0) is 52.9 Å². The molecule has 0 saturated carbocycles. The molecule has 7 nitrogen and oxygen atoms in total. The third kappa shape index (κ3) is 4.24. The van der Waals surface area contributed by atoms with Crippen molar-refractivity contribution >= 4 is 29.5 Å². The zero-order valence-electron chi connectivity index (χ0n) is 21.8. The van der Waals surface area contributed by atoms with Gasteiger partial charge in [0.2, 0.25) is 11.8 Å². The Morgan fingerprint density at radius 1 is 1.14 bits per heavy atom. The van der Waals surface area contributed by atoms with Gasteiger partial charge in [-0.1, -0.05) is 38.2 Å². The number of ether oxygens (including phenoxy) is 1. The third-order valence-electron chi connectivity index (χ3n) is 7.85. The van der Waals surface area contributed by atoms with Crippen LogP contribution in [0, 0.1) is 17.8 Å². The molecule has 4 aliphatic heterocycles. The van der Waals surface area contributed by atoms with Gasteiger partial charge in [0, 0.05) is 16.8 Å². The highest BCUT2D eigenvalue weighted by Gasteiger charge is 2.74. The number of allylic oxidation sites excluding steroid dienone is 1. The fraction of sp³-hybridized carbons (Fsp3) is 0.741. The molecule has 1 N–H and O–H groups in total. The van der Waals surface area contributed by atoms with E-state index >= 15 is 0 Å². The topological polar surface area (TPSA) is 87.2 Å². The molecular formula is C27H40N2O5S. The van der Waals surface area contributed by atoms with Crippen LogP contribution in [0.25, 0.3) is 0 Å². The van der Waals surface area contributed by atoms with E-state index in [-0.39, 0.29) is 30.3 Å². The van der Waals surface area contributed by atoms with Crippen LogP contribution in [0.15, 0.2) is 24.3 Å². The summed E-state index contributed by atoms with van der Waals surface area (Å²) >= 11 is 1.55. The zero-order valence-corrected chi connectivity index (χ0v) is 22.6. The van der Waals surface area contributed by atoms with Gasteiger partial charge in [0.25, 0.3) is 0 Å². The van der Waals surface area contributed by atoms with Crippen molar-refractivity contribution in [3.8, 4) is 0 Å². The highest BCUT2D eigenvalue weighted by Crippen LogP contribution is 2.65. The van der Waals surface area contributed by atoms with Crippen LogP contribution in [0.3, 0.4) is 0 Å². The van der Waals surface area contributed by atoms with Crippen molar-refractivity contribution in [2.24, 2.45) is 17.8 Å². The predicted octanol–water partition coefficient (Wildman–Crippen LogP) is 3.17.